The first kappa shape index (κ1) is 20.0. The molecule has 0 bridgehead atoms. The fraction of sp³-hybridized carbons (Fsp3) is 0.188. The summed E-state index contributed by atoms with van der Waals surface area (Å²) in [6.07, 6.45) is 0. The first-order valence-corrected chi connectivity index (χ1v) is 9.49. The van der Waals surface area contributed by atoms with Gasteiger partial charge in [0.05, 0.1) is 15.4 Å². The lowest BCUT2D eigenvalue weighted by Gasteiger charge is -2.14. The maximum absolute atomic E-state index is 12.3. The Morgan fingerprint density at radius 3 is 2.54 bits per heavy atom. The average Bonchev–Trinajstić information content (AvgIpc) is 2.60. The molecule has 0 aliphatic heterocycles. The summed E-state index contributed by atoms with van der Waals surface area (Å²) in [6.45, 7) is -0.174. The van der Waals surface area contributed by atoms with Crippen molar-refractivity contribution in [2.24, 2.45) is 0 Å². The molecule has 0 aliphatic rings. The van der Waals surface area contributed by atoms with Crippen LogP contribution in [0.15, 0.2) is 51.8 Å². The molecule has 0 spiro atoms. The molecule has 0 N–H and O–H groups in total. The van der Waals surface area contributed by atoms with E-state index in [0.717, 1.165) is 4.31 Å². The monoisotopic (exact) mass is 442 g/mol. The van der Waals surface area contributed by atoms with Crippen molar-refractivity contribution >= 4 is 37.6 Å². The fourth-order valence-electron chi connectivity index (χ4n) is 2.02. The number of benzene rings is 2. The highest BCUT2D eigenvalue weighted by Gasteiger charge is 2.22. The van der Waals surface area contributed by atoms with E-state index in [1.807, 2.05) is 0 Å². The van der Waals surface area contributed by atoms with Crippen molar-refractivity contribution in [3.05, 3.63) is 68.2 Å². The van der Waals surface area contributed by atoms with E-state index in [2.05, 4.69) is 15.9 Å². The smallest absolute Gasteiger partial charge is 0.338 e. The largest absolute Gasteiger partial charge is 0.457 e. The number of rotatable bonds is 6. The van der Waals surface area contributed by atoms with Gasteiger partial charge in [0.1, 0.15) is 6.61 Å². The fourth-order valence-corrected chi connectivity index (χ4v) is 3.86. The second kappa shape index (κ2) is 7.94. The molecule has 2 aromatic rings. The molecule has 0 unspecified atom stereocenters. The summed E-state index contributed by atoms with van der Waals surface area (Å²) >= 11 is 3.16. The third kappa shape index (κ3) is 4.45. The van der Waals surface area contributed by atoms with Crippen LogP contribution in [0.25, 0.3) is 0 Å². The van der Waals surface area contributed by atoms with Gasteiger partial charge in [0.25, 0.3) is 5.69 Å². The molecule has 0 aliphatic carbocycles. The van der Waals surface area contributed by atoms with Gasteiger partial charge in [0, 0.05) is 30.7 Å². The molecule has 0 fully saturated rings. The number of hydrogen-bond donors (Lipinski definition) is 0. The second-order valence-corrected chi connectivity index (χ2v) is 8.41. The molecule has 0 saturated carbocycles. The van der Waals surface area contributed by atoms with Crippen LogP contribution < -0.4 is 0 Å². The minimum Gasteiger partial charge on any atom is -0.457 e. The van der Waals surface area contributed by atoms with Crippen LogP contribution in [0.2, 0.25) is 0 Å². The molecule has 0 atom stereocenters. The van der Waals surface area contributed by atoms with Gasteiger partial charge in [-0.3, -0.25) is 10.1 Å². The Morgan fingerprint density at radius 2 is 1.92 bits per heavy atom. The SMILES string of the molecule is CN(C)S(=O)(=O)c1cc(C(=O)OCc2cccc([N+](=O)[O-])c2)ccc1Br. The van der Waals surface area contributed by atoms with Gasteiger partial charge in [-0.15, -0.1) is 0 Å². The first-order chi connectivity index (χ1) is 12.1. The summed E-state index contributed by atoms with van der Waals surface area (Å²) in [5, 5.41) is 10.8. The third-order valence-electron chi connectivity index (χ3n) is 3.42. The summed E-state index contributed by atoms with van der Waals surface area (Å²) in [4.78, 5) is 22.4. The number of ether oxygens (including phenoxy) is 1. The lowest BCUT2D eigenvalue weighted by Crippen LogP contribution is -2.23. The maximum atomic E-state index is 12.3. The zero-order chi connectivity index (χ0) is 19.5. The number of sulfonamides is 1. The van der Waals surface area contributed by atoms with Gasteiger partial charge in [-0.2, -0.15) is 0 Å². The molecule has 10 heteroatoms. The van der Waals surface area contributed by atoms with Crippen LogP contribution in [0.1, 0.15) is 15.9 Å². The van der Waals surface area contributed by atoms with E-state index in [0.29, 0.717) is 10.0 Å². The van der Waals surface area contributed by atoms with Gasteiger partial charge in [-0.1, -0.05) is 12.1 Å². The van der Waals surface area contributed by atoms with Crippen LogP contribution in [-0.2, 0) is 21.4 Å². The number of hydrogen-bond acceptors (Lipinski definition) is 6. The summed E-state index contributed by atoms with van der Waals surface area (Å²) in [6, 6.07) is 9.80. The van der Waals surface area contributed by atoms with Crippen molar-refractivity contribution in [3.8, 4) is 0 Å². The normalized spacial score (nSPS) is 11.4. The number of carbonyl (C=O) groups excluding carboxylic acids is 1. The molecule has 26 heavy (non-hydrogen) atoms. The van der Waals surface area contributed by atoms with Crippen LogP contribution in [0.4, 0.5) is 5.69 Å². The second-order valence-electron chi connectivity index (χ2n) is 5.44. The Hall–Kier alpha value is -2.30. The van der Waals surface area contributed by atoms with Gasteiger partial charge in [-0.05, 0) is 39.7 Å². The Labute approximate surface area is 158 Å². The quantitative estimate of drug-likeness (QED) is 0.386. The summed E-state index contributed by atoms with van der Waals surface area (Å²) in [5.74, 6) is -0.737. The van der Waals surface area contributed by atoms with E-state index in [1.54, 1.807) is 6.07 Å². The lowest BCUT2D eigenvalue weighted by molar-refractivity contribution is -0.384. The predicted molar refractivity (Wildman–Crippen MR) is 97.2 cm³/mol. The molecule has 138 valence electrons. The molecule has 0 amide bonds. The van der Waals surface area contributed by atoms with Gasteiger partial charge in [0.2, 0.25) is 10.0 Å². The number of nitro groups is 1. The van der Waals surface area contributed by atoms with E-state index >= 15 is 0 Å². The number of nitrogens with zero attached hydrogens (tertiary/aromatic N) is 2. The molecule has 8 nitrogen and oxygen atoms in total. The van der Waals surface area contributed by atoms with Crippen LogP contribution in [0, 0.1) is 10.1 Å². The van der Waals surface area contributed by atoms with Crippen molar-refractivity contribution in [3.63, 3.8) is 0 Å². The Kier molecular flexibility index (Phi) is 6.11. The van der Waals surface area contributed by atoms with Gasteiger partial charge in [-0.25, -0.2) is 17.5 Å². The van der Waals surface area contributed by atoms with Gasteiger partial charge < -0.3 is 4.74 Å². The highest BCUT2D eigenvalue weighted by molar-refractivity contribution is 9.10. The van der Waals surface area contributed by atoms with E-state index in [9.17, 15) is 23.3 Å². The zero-order valence-corrected chi connectivity index (χ0v) is 16.3. The third-order valence-corrected chi connectivity index (χ3v) is 6.23. The summed E-state index contributed by atoms with van der Waals surface area (Å²) in [5.41, 5.74) is 0.395. The molecule has 0 heterocycles. The van der Waals surface area contributed by atoms with E-state index in [4.69, 9.17) is 4.74 Å². The highest BCUT2D eigenvalue weighted by atomic mass is 79.9. The van der Waals surface area contributed by atoms with Gasteiger partial charge >= 0.3 is 5.97 Å². The minimum atomic E-state index is -3.74. The summed E-state index contributed by atoms with van der Waals surface area (Å²) in [7, 11) is -0.974. The molecule has 2 aromatic carbocycles. The minimum absolute atomic E-state index is 0.0547. The summed E-state index contributed by atoms with van der Waals surface area (Å²) < 4.78 is 31.1. The van der Waals surface area contributed by atoms with Crippen LogP contribution >= 0.6 is 15.9 Å². The standard InChI is InChI=1S/C16H15BrN2O6S/c1-18(2)26(23,24)15-9-12(6-7-14(15)17)16(20)25-10-11-4-3-5-13(8-11)19(21)22/h3-9H,10H2,1-2H3. The Balaban J connectivity index is 2.21. The predicted octanol–water partition coefficient (Wildman–Crippen LogP) is 2.96. The number of non-ortho nitro benzene ring substituents is 1. The van der Waals surface area contributed by atoms with Crippen LogP contribution in [0.5, 0.6) is 0 Å². The molecular weight excluding hydrogens is 428 g/mol. The average molecular weight is 443 g/mol. The number of halogens is 1. The van der Waals surface area contributed by atoms with Crippen molar-refractivity contribution < 1.29 is 22.9 Å². The van der Waals surface area contributed by atoms with Crippen molar-refractivity contribution in [1.82, 2.24) is 4.31 Å². The van der Waals surface area contributed by atoms with Crippen molar-refractivity contribution in [2.45, 2.75) is 11.5 Å². The Morgan fingerprint density at radius 1 is 1.23 bits per heavy atom. The highest BCUT2D eigenvalue weighted by Crippen LogP contribution is 2.25. The van der Waals surface area contributed by atoms with E-state index in [1.165, 1.54) is 50.5 Å². The lowest BCUT2D eigenvalue weighted by atomic mass is 10.2. The van der Waals surface area contributed by atoms with E-state index in [-0.39, 0.29) is 22.8 Å². The number of nitro benzene ring substituents is 1. The van der Waals surface area contributed by atoms with Crippen molar-refractivity contribution in [2.75, 3.05) is 14.1 Å². The maximum Gasteiger partial charge on any atom is 0.338 e. The molecule has 2 rings (SSSR count). The van der Waals surface area contributed by atoms with E-state index < -0.39 is 20.9 Å². The van der Waals surface area contributed by atoms with Gasteiger partial charge in [0.15, 0.2) is 0 Å². The topological polar surface area (TPSA) is 107 Å². The van der Waals surface area contributed by atoms with Crippen molar-refractivity contribution in [1.29, 1.82) is 0 Å². The zero-order valence-electron chi connectivity index (χ0n) is 13.9. The molecule has 0 aromatic heterocycles. The number of carbonyl (C=O) groups is 1. The molecular formula is C16H15BrN2O6S. The molecule has 0 saturated heterocycles. The van der Waals surface area contributed by atoms with Crippen LogP contribution in [0.3, 0.4) is 0 Å². The number of esters is 1. The Bertz CT molecular complexity index is 959. The first-order valence-electron chi connectivity index (χ1n) is 7.25. The molecule has 0 radical (unpaired) electrons. The van der Waals surface area contributed by atoms with Crippen LogP contribution in [-0.4, -0.2) is 37.7 Å².